The van der Waals surface area contributed by atoms with E-state index in [2.05, 4.69) is 5.32 Å². The van der Waals surface area contributed by atoms with Gasteiger partial charge in [-0.3, -0.25) is 4.79 Å². The third-order valence-corrected chi connectivity index (χ3v) is 3.80. The molecule has 0 aliphatic carbocycles. The summed E-state index contributed by atoms with van der Waals surface area (Å²) < 4.78 is 5.75. The molecule has 0 saturated carbocycles. The Morgan fingerprint density at radius 3 is 2.74 bits per heavy atom. The summed E-state index contributed by atoms with van der Waals surface area (Å²) in [6.45, 7) is 1.94. The van der Waals surface area contributed by atoms with Crippen LogP contribution in [-0.4, -0.2) is 19.0 Å². The van der Waals surface area contributed by atoms with Crippen molar-refractivity contribution in [3.63, 3.8) is 0 Å². The molecule has 0 fully saturated rings. The molecule has 1 N–H and O–H groups in total. The fourth-order valence-corrected chi connectivity index (χ4v) is 2.96. The van der Waals surface area contributed by atoms with E-state index >= 15 is 0 Å². The fraction of sp³-hybridized carbons (Fsp3) is 0.286. The molecule has 0 bridgehead atoms. The fourth-order valence-electron chi connectivity index (χ4n) is 1.85. The number of carbonyl (C=O) groups is 2. The van der Waals surface area contributed by atoms with Crippen LogP contribution in [-0.2, 0) is 9.53 Å². The van der Waals surface area contributed by atoms with Crippen LogP contribution in [0.25, 0.3) is 10.1 Å². The third kappa shape index (κ3) is 2.76. The molecular weight excluding hydrogens is 262 g/mol. The molecule has 1 aromatic carbocycles. The van der Waals surface area contributed by atoms with E-state index in [0.29, 0.717) is 17.0 Å². The van der Waals surface area contributed by atoms with Gasteiger partial charge >= 0.3 is 5.97 Å². The van der Waals surface area contributed by atoms with Crippen LogP contribution in [0.2, 0.25) is 0 Å². The topological polar surface area (TPSA) is 55.4 Å². The van der Waals surface area contributed by atoms with E-state index in [1.807, 2.05) is 31.2 Å². The second kappa shape index (κ2) is 5.84. The lowest BCUT2D eigenvalue weighted by molar-refractivity contribution is -0.116. The summed E-state index contributed by atoms with van der Waals surface area (Å²) in [7, 11) is 1.34. The summed E-state index contributed by atoms with van der Waals surface area (Å²) in [5, 5.41) is 4.17. The predicted molar refractivity (Wildman–Crippen MR) is 76.7 cm³/mol. The van der Waals surface area contributed by atoms with Gasteiger partial charge in [-0.25, -0.2) is 4.79 Å². The summed E-state index contributed by atoms with van der Waals surface area (Å²) >= 11 is 1.39. The summed E-state index contributed by atoms with van der Waals surface area (Å²) in [4.78, 5) is 23.6. The van der Waals surface area contributed by atoms with Gasteiger partial charge in [-0.2, -0.15) is 0 Å². The van der Waals surface area contributed by atoms with Gasteiger partial charge in [0.25, 0.3) is 0 Å². The normalized spacial score (nSPS) is 10.4. The minimum Gasteiger partial charge on any atom is -0.465 e. The highest BCUT2D eigenvalue weighted by Gasteiger charge is 2.20. The van der Waals surface area contributed by atoms with Crippen LogP contribution in [0.3, 0.4) is 0 Å². The highest BCUT2D eigenvalue weighted by molar-refractivity contribution is 7.23. The Balaban J connectivity index is 2.47. The second-order valence-corrected chi connectivity index (χ2v) is 5.14. The highest BCUT2D eigenvalue weighted by Crippen LogP contribution is 2.36. The van der Waals surface area contributed by atoms with Crippen molar-refractivity contribution in [2.75, 3.05) is 12.4 Å². The number of rotatable bonds is 4. The van der Waals surface area contributed by atoms with E-state index < -0.39 is 5.97 Å². The van der Waals surface area contributed by atoms with Gasteiger partial charge < -0.3 is 10.1 Å². The second-order valence-electron chi connectivity index (χ2n) is 4.09. The number of methoxy groups -OCH3 is 1. The van der Waals surface area contributed by atoms with Gasteiger partial charge in [0.1, 0.15) is 10.6 Å². The molecule has 0 atom stereocenters. The van der Waals surface area contributed by atoms with Gasteiger partial charge in [0.05, 0.1) is 7.11 Å². The molecule has 100 valence electrons. The number of ether oxygens (including phenoxy) is 1. The summed E-state index contributed by atoms with van der Waals surface area (Å²) in [5.74, 6) is -0.511. The standard InChI is InChI=1S/C14H15NO3S/c1-3-6-11(16)15-13-12(14(17)18-2)9-7-4-5-8-10(9)19-13/h4-5,7-8H,3,6H2,1-2H3,(H,15,16). The molecule has 1 amide bonds. The number of hydrogen-bond donors (Lipinski definition) is 1. The number of esters is 1. The lowest BCUT2D eigenvalue weighted by Gasteiger charge is -2.04. The van der Waals surface area contributed by atoms with E-state index in [1.54, 1.807) is 0 Å². The number of amides is 1. The smallest absolute Gasteiger partial charge is 0.341 e. The average Bonchev–Trinajstić information content (AvgIpc) is 2.75. The van der Waals surface area contributed by atoms with Crippen LogP contribution in [0.1, 0.15) is 30.1 Å². The maximum Gasteiger partial charge on any atom is 0.341 e. The number of benzene rings is 1. The maximum atomic E-state index is 11.9. The molecule has 1 heterocycles. The van der Waals surface area contributed by atoms with Gasteiger partial charge in [0.15, 0.2) is 0 Å². The first-order valence-corrected chi connectivity index (χ1v) is 6.88. The first-order valence-electron chi connectivity index (χ1n) is 6.07. The van der Waals surface area contributed by atoms with Crippen molar-refractivity contribution in [2.24, 2.45) is 0 Å². The summed E-state index contributed by atoms with van der Waals surface area (Å²) in [6.07, 6.45) is 1.21. The van der Waals surface area contributed by atoms with Crippen LogP contribution < -0.4 is 5.32 Å². The Bertz CT molecular complexity index is 618. The number of thiophene rings is 1. The molecule has 0 radical (unpaired) electrons. The molecule has 0 spiro atoms. The molecule has 0 unspecified atom stereocenters. The van der Waals surface area contributed by atoms with Crippen molar-refractivity contribution in [1.29, 1.82) is 0 Å². The Labute approximate surface area is 115 Å². The molecule has 5 heteroatoms. The third-order valence-electron chi connectivity index (χ3n) is 2.72. The van der Waals surface area contributed by atoms with E-state index in [1.165, 1.54) is 18.4 Å². The van der Waals surface area contributed by atoms with Crippen LogP contribution in [0.15, 0.2) is 24.3 Å². The zero-order valence-electron chi connectivity index (χ0n) is 10.9. The molecule has 19 heavy (non-hydrogen) atoms. The zero-order valence-corrected chi connectivity index (χ0v) is 11.7. The minimum absolute atomic E-state index is 0.0841. The largest absolute Gasteiger partial charge is 0.465 e. The average molecular weight is 277 g/mol. The van der Waals surface area contributed by atoms with Gasteiger partial charge in [-0.1, -0.05) is 25.1 Å². The summed E-state index contributed by atoms with van der Waals surface area (Å²) in [5.41, 5.74) is 0.438. The van der Waals surface area contributed by atoms with Crippen LogP contribution in [0.4, 0.5) is 5.00 Å². The highest BCUT2D eigenvalue weighted by atomic mass is 32.1. The Morgan fingerprint density at radius 1 is 1.32 bits per heavy atom. The Hall–Kier alpha value is -1.88. The lowest BCUT2D eigenvalue weighted by Crippen LogP contribution is -2.12. The maximum absolute atomic E-state index is 11.9. The van der Waals surface area contributed by atoms with Gasteiger partial charge in [-0.05, 0) is 12.5 Å². The van der Waals surface area contributed by atoms with Gasteiger partial charge in [0.2, 0.25) is 5.91 Å². The van der Waals surface area contributed by atoms with E-state index in [0.717, 1.165) is 16.5 Å². The van der Waals surface area contributed by atoms with Crippen LogP contribution in [0.5, 0.6) is 0 Å². The van der Waals surface area contributed by atoms with Crippen LogP contribution >= 0.6 is 11.3 Å². The molecule has 2 aromatic rings. The van der Waals surface area contributed by atoms with E-state index in [-0.39, 0.29) is 5.91 Å². The van der Waals surface area contributed by atoms with Crippen molar-refractivity contribution in [2.45, 2.75) is 19.8 Å². The van der Waals surface area contributed by atoms with E-state index in [9.17, 15) is 9.59 Å². The Morgan fingerprint density at radius 2 is 2.05 bits per heavy atom. The van der Waals surface area contributed by atoms with Crippen molar-refractivity contribution in [3.8, 4) is 0 Å². The predicted octanol–water partition coefficient (Wildman–Crippen LogP) is 3.43. The number of fused-ring (bicyclic) bond motifs is 1. The van der Waals surface area contributed by atoms with Gasteiger partial charge in [-0.15, -0.1) is 11.3 Å². The summed E-state index contributed by atoms with van der Waals surface area (Å²) in [6, 6.07) is 7.53. The first kappa shape index (κ1) is 13.5. The monoisotopic (exact) mass is 277 g/mol. The van der Waals surface area contributed by atoms with Crippen molar-refractivity contribution >= 4 is 38.3 Å². The van der Waals surface area contributed by atoms with E-state index in [4.69, 9.17) is 4.74 Å². The SMILES string of the molecule is CCCC(=O)Nc1sc2ccccc2c1C(=O)OC. The molecule has 2 rings (SSSR count). The number of nitrogens with one attached hydrogen (secondary N) is 1. The van der Waals surface area contributed by atoms with Crippen LogP contribution in [0, 0.1) is 0 Å². The molecule has 4 nitrogen and oxygen atoms in total. The first-order chi connectivity index (χ1) is 9.17. The molecule has 0 saturated heterocycles. The quantitative estimate of drug-likeness (QED) is 0.871. The molecule has 0 aliphatic heterocycles. The number of hydrogen-bond acceptors (Lipinski definition) is 4. The zero-order chi connectivity index (χ0) is 13.8. The Kier molecular flexibility index (Phi) is 4.16. The van der Waals surface area contributed by atoms with Crippen molar-refractivity contribution < 1.29 is 14.3 Å². The van der Waals surface area contributed by atoms with Crippen molar-refractivity contribution in [3.05, 3.63) is 29.8 Å². The van der Waals surface area contributed by atoms with Gasteiger partial charge in [0, 0.05) is 16.5 Å². The molecular formula is C14H15NO3S. The number of anilines is 1. The lowest BCUT2D eigenvalue weighted by atomic mass is 10.1. The van der Waals surface area contributed by atoms with Crippen molar-refractivity contribution in [1.82, 2.24) is 0 Å². The molecule has 1 aromatic heterocycles. The molecule has 0 aliphatic rings. The minimum atomic E-state index is -0.427. The number of carbonyl (C=O) groups excluding carboxylic acids is 2.